The molecule has 0 spiro atoms. The molecule has 3 N–H and O–H groups in total. The van der Waals surface area contributed by atoms with Crippen LogP contribution in [0, 0.1) is 0 Å². The predicted octanol–water partition coefficient (Wildman–Crippen LogP) is 19.6. The summed E-state index contributed by atoms with van der Waals surface area (Å²) < 4.78 is 5.47. The minimum Gasteiger partial charge on any atom is -0.466 e. The highest BCUT2D eigenvalue weighted by Gasteiger charge is 2.20. The summed E-state index contributed by atoms with van der Waals surface area (Å²) in [4.78, 5) is 24.6. The zero-order valence-corrected chi connectivity index (χ0v) is 47.0. The molecule has 6 heteroatoms. The molecule has 0 heterocycles. The minimum absolute atomic E-state index is 0.0169. The van der Waals surface area contributed by atoms with Crippen LogP contribution in [0.3, 0.4) is 0 Å². The van der Waals surface area contributed by atoms with E-state index in [1.54, 1.807) is 0 Å². The molecule has 0 rings (SSSR count). The fraction of sp³-hybridized carbons (Fsp3) is 0.875. The number of esters is 1. The van der Waals surface area contributed by atoms with E-state index in [4.69, 9.17) is 4.74 Å². The van der Waals surface area contributed by atoms with E-state index in [9.17, 15) is 19.8 Å². The van der Waals surface area contributed by atoms with Gasteiger partial charge in [0, 0.05) is 12.8 Å². The van der Waals surface area contributed by atoms with E-state index < -0.39 is 12.1 Å². The number of allylic oxidation sites excluding steroid dienone is 6. The van der Waals surface area contributed by atoms with Gasteiger partial charge in [-0.05, 0) is 83.5 Å². The Hall–Kier alpha value is -1.92. The van der Waals surface area contributed by atoms with Crippen molar-refractivity contribution in [2.24, 2.45) is 0 Å². The quantitative estimate of drug-likeness (QED) is 0.0321. The second-order valence-electron chi connectivity index (χ2n) is 21.4. The van der Waals surface area contributed by atoms with Gasteiger partial charge in [0.15, 0.2) is 0 Å². The van der Waals surface area contributed by atoms with E-state index in [1.807, 2.05) is 0 Å². The van der Waals surface area contributed by atoms with Crippen LogP contribution in [0.1, 0.15) is 335 Å². The van der Waals surface area contributed by atoms with Crippen molar-refractivity contribution in [3.8, 4) is 0 Å². The number of amides is 1. The van der Waals surface area contributed by atoms with Crippen molar-refractivity contribution in [3.63, 3.8) is 0 Å². The average molecular weight is 985 g/mol. The average Bonchev–Trinajstić information content (AvgIpc) is 3.36. The van der Waals surface area contributed by atoms with Crippen LogP contribution in [0.4, 0.5) is 0 Å². The van der Waals surface area contributed by atoms with Gasteiger partial charge in [-0.15, -0.1) is 0 Å². The van der Waals surface area contributed by atoms with Gasteiger partial charge >= 0.3 is 5.97 Å². The van der Waals surface area contributed by atoms with Crippen molar-refractivity contribution in [1.29, 1.82) is 0 Å². The molecule has 0 aliphatic heterocycles. The molecule has 0 radical (unpaired) electrons. The summed E-state index contributed by atoms with van der Waals surface area (Å²) >= 11 is 0. The predicted molar refractivity (Wildman–Crippen MR) is 306 cm³/mol. The molecule has 0 aliphatic carbocycles. The third-order valence-corrected chi connectivity index (χ3v) is 14.4. The number of carbonyl (C=O) groups excluding carboxylic acids is 2. The maximum atomic E-state index is 12.5. The Labute approximate surface area is 436 Å². The molecular weight excluding hydrogens is 863 g/mol. The first-order chi connectivity index (χ1) is 34.5. The van der Waals surface area contributed by atoms with Gasteiger partial charge in [0.05, 0.1) is 25.4 Å². The van der Waals surface area contributed by atoms with E-state index >= 15 is 0 Å². The van der Waals surface area contributed by atoms with Crippen LogP contribution in [0.5, 0.6) is 0 Å². The van der Waals surface area contributed by atoms with Crippen LogP contribution in [-0.4, -0.2) is 47.4 Å². The maximum Gasteiger partial charge on any atom is 0.305 e. The Morgan fingerprint density at radius 3 is 1.11 bits per heavy atom. The number of carbonyl (C=O) groups is 2. The molecule has 0 aromatic rings. The van der Waals surface area contributed by atoms with Crippen molar-refractivity contribution >= 4 is 11.9 Å². The molecule has 0 saturated carbocycles. The molecule has 0 bridgehead atoms. The Bertz CT molecular complexity index is 1130. The summed E-state index contributed by atoms with van der Waals surface area (Å²) in [7, 11) is 0. The van der Waals surface area contributed by atoms with Gasteiger partial charge in [0.1, 0.15) is 0 Å². The van der Waals surface area contributed by atoms with E-state index in [2.05, 4.69) is 55.6 Å². The first-order valence-electron chi connectivity index (χ1n) is 31.2. The third-order valence-electron chi connectivity index (χ3n) is 14.4. The molecule has 0 aromatic heterocycles. The molecule has 412 valence electrons. The molecule has 6 nitrogen and oxygen atoms in total. The van der Waals surface area contributed by atoms with Crippen LogP contribution in [0.2, 0.25) is 0 Å². The fourth-order valence-corrected chi connectivity index (χ4v) is 9.61. The lowest BCUT2D eigenvalue weighted by molar-refractivity contribution is -0.143. The Kier molecular flexibility index (Phi) is 58.0. The lowest BCUT2D eigenvalue weighted by Crippen LogP contribution is -2.45. The number of nitrogens with one attached hydrogen (secondary N) is 1. The Morgan fingerprint density at radius 1 is 0.400 bits per heavy atom. The van der Waals surface area contributed by atoms with Gasteiger partial charge < -0.3 is 20.3 Å². The summed E-state index contributed by atoms with van der Waals surface area (Å²) in [5.41, 5.74) is 0. The summed E-state index contributed by atoms with van der Waals surface area (Å²) in [6, 6.07) is -0.555. The van der Waals surface area contributed by atoms with Crippen molar-refractivity contribution in [1.82, 2.24) is 5.32 Å². The first kappa shape index (κ1) is 68.1. The van der Waals surface area contributed by atoms with Gasteiger partial charge in [-0.25, -0.2) is 0 Å². The molecule has 2 unspecified atom stereocenters. The first-order valence-corrected chi connectivity index (χ1v) is 31.2. The number of ether oxygens (including phenoxy) is 1. The van der Waals surface area contributed by atoms with Crippen LogP contribution in [0.15, 0.2) is 36.5 Å². The Morgan fingerprint density at radius 2 is 0.714 bits per heavy atom. The standard InChI is InChI=1S/C64H121NO5/c1-3-5-7-9-11-13-15-17-19-21-23-24-25-28-32-36-40-44-48-52-56-62(67)61(60-66)65-63(68)57-53-49-45-41-37-33-29-27-31-35-39-43-47-51-55-59-70-64(69)58-54-50-46-42-38-34-30-26-22-20-18-16-14-12-10-8-6-4-2/h14,16,20,22,31,35,61-62,66-67H,3-13,15,17-19,21,23-30,32-34,36-60H2,1-2H3,(H,65,68)/b16-14-,22-20-,35-31-. The molecule has 2 atom stereocenters. The molecular formula is C64H121NO5. The SMILES string of the molecule is CCCCCC/C=C\C/C=C\CCCCCCCCCC(=O)OCCCCCC/C=C\CCCCCCCCCC(=O)NC(CO)C(O)CCCCCCCCCCCCCCCCCCCCCC. The number of rotatable bonds is 58. The topological polar surface area (TPSA) is 95.9 Å². The molecule has 0 saturated heterocycles. The van der Waals surface area contributed by atoms with Crippen LogP contribution < -0.4 is 5.32 Å². The monoisotopic (exact) mass is 984 g/mol. The van der Waals surface area contributed by atoms with E-state index in [-0.39, 0.29) is 18.5 Å². The highest BCUT2D eigenvalue weighted by atomic mass is 16.5. The van der Waals surface area contributed by atoms with Gasteiger partial charge in [-0.2, -0.15) is 0 Å². The summed E-state index contributed by atoms with van der Waals surface area (Å²) in [5.74, 6) is -0.0650. The fourth-order valence-electron chi connectivity index (χ4n) is 9.61. The number of hydrogen-bond donors (Lipinski definition) is 3. The van der Waals surface area contributed by atoms with Gasteiger partial charge in [-0.3, -0.25) is 9.59 Å². The van der Waals surface area contributed by atoms with Crippen molar-refractivity contribution in [2.75, 3.05) is 13.2 Å². The molecule has 1 amide bonds. The molecule has 0 aliphatic rings. The lowest BCUT2D eigenvalue weighted by atomic mass is 10.0. The van der Waals surface area contributed by atoms with Crippen LogP contribution in [0.25, 0.3) is 0 Å². The van der Waals surface area contributed by atoms with Crippen molar-refractivity contribution in [2.45, 2.75) is 347 Å². The lowest BCUT2D eigenvalue weighted by Gasteiger charge is -2.22. The smallest absolute Gasteiger partial charge is 0.305 e. The van der Waals surface area contributed by atoms with E-state index in [0.717, 1.165) is 77.0 Å². The second kappa shape index (κ2) is 59.6. The van der Waals surface area contributed by atoms with Crippen molar-refractivity contribution in [3.05, 3.63) is 36.5 Å². The minimum atomic E-state index is -0.676. The summed E-state index contributed by atoms with van der Waals surface area (Å²) in [6.07, 6.45) is 74.3. The molecule has 0 aromatic carbocycles. The van der Waals surface area contributed by atoms with Crippen LogP contribution in [-0.2, 0) is 14.3 Å². The van der Waals surface area contributed by atoms with Gasteiger partial charge in [-0.1, -0.05) is 275 Å². The van der Waals surface area contributed by atoms with E-state index in [1.165, 1.54) is 225 Å². The number of aliphatic hydroxyl groups is 2. The molecule has 0 fully saturated rings. The number of unbranched alkanes of at least 4 members (excludes halogenated alkanes) is 41. The molecule has 70 heavy (non-hydrogen) atoms. The van der Waals surface area contributed by atoms with Gasteiger partial charge in [0.25, 0.3) is 0 Å². The second-order valence-corrected chi connectivity index (χ2v) is 21.4. The van der Waals surface area contributed by atoms with E-state index in [0.29, 0.717) is 25.9 Å². The van der Waals surface area contributed by atoms with Crippen LogP contribution >= 0.6 is 0 Å². The zero-order chi connectivity index (χ0) is 50.7. The number of aliphatic hydroxyl groups excluding tert-OH is 2. The third kappa shape index (κ3) is 55.4. The number of hydrogen-bond acceptors (Lipinski definition) is 5. The zero-order valence-electron chi connectivity index (χ0n) is 47.0. The highest BCUT2D eigenvalue weighted by Crippen LogP contribution is 2.17. The Balaban J connectivity index is 3.47. The normalized spacial score (nSPS) is 12.8. The highest BCUT2D eigenvalue weighted by molar-refractivity contribution is 5.76. The summed E-state index contributed by atoms with van der Waals surface area (Å²) in [6.45, 7) is 4.92. The van der Waals surface area contributed by atoms with Gasteiger partial charge in [0.2, 0.25) is 5.91 Å². The maximum absolute atomic E-state index is 12.5. The summed E-state index contributed by atoms with van der Waals surface area (Å²) in [5, 5.41) is 23.3. The largest absolute Gasteiger partial charge is 0.466 e. The van der Waals surface area contributed by atoms with Crippen molar-refractivity contribution < 1.29 is 24.5 Å².